The van der Waals surface area contributed by atoms with Gasteiger partial charge in [-0.15, -0.1) is 0 Å². The highest BCUT2D eigenvalue weighted by Gasteiger charge is 2.13. The van der Waals surface area contributed by atoms with Crippen molar-refractivity contribution in [2.75, 3.05) is 0 Å². The van der Waals surface area contributed by atoms with E-state index < -0.39 is 11.7 Å². The number of halogens is 2. The molecule has 4 nitrogen and oxygen atoms in total. The van der Waals surface area contributed by atoms with Gasteiger partial charge in [0.1, 0.15) is 11.6 Å². The van der Waals surface area contributed by atoms with Crippen LogP contribution in [0.15, 0.2) is 27.1 Å². The van der Waals surface area contributed by atoms with E-state index >= 15 is 0 Å². The Kier molecular flexibility index (Phi) is 3.99. The fraction of sp³-hybridized carbons (Fsp3) is 0.231. The highest BCUT2D eigenvalue weighted by atomic mass is 79.9. The molecule has 100 valence electrons. The minimum atomic E-state index is -0.569. The first-order valence-corrected chi connectivity index (χ1v) is 6.43. The lowest BCUT2D eigenvalue weighted by atomic mass is 10.2. The molecule has 0 fully saturated rings. The predicted molar refractivity (Wildman–Crippen MR) is 71.2 cm³/mol. The van der Waals surface area contributed by atoms with Gasteiger partial charge in [-0.2, -0.15) is 0 Å². The first-order valence-electron chi connectivity index (χ1n) is 5.63. The van der Waals surface area contributed by atoms with Crippen LogP contribution < -0.4 is 5.32 Å². The number of rotatable bonds is 3. The summed E-state index contributed by atoms with van der Waals surface area (Å²) in [5, 5.41) is 2.57. The lowest BCUT2D eigenvalue weighted by molar-refractivity contribution is 0.0943. The van der Waals surface area contributed by atoms with Crippen molar-refractivity contribution in [1.82, 2.24) is 10.3 Å². The van der Waals surface area contributed by atoms with Crippen LogP contribution in [0.2, 0.25) is 0 Å². The van der Waals surface area contributed by atoms with Gasteiger partial charge in [-0.05, 0) is 32.0 Å². The van der Waals surface area contributed by atoms with Gasteiger partial charge in [0.2, 0.25) is 5.89 Å². The number of aryl methyl sites for hydroxylation is 2. The van der Waals surface area contributed by atoms with E-state index in [1.807, 2.05) is 6.92 Å². The van der Waals surface area contributed by atoms with Gasteiger partial charge in [0, 0.05) is 4.47 Å². The molecular weight excluding hydrogens is 315 g/mol. The number of nitrogens with zero attached hydrogens (tertiary/aromatic N) is 1. The molecule has 0 atom stereocenters. The maximum atomic E-state index is 13.5. The first kappa shape index (κ1) is 13.7. The van der Waals surface area contributed by atoms with Gasteiger partial charge in [0.25, 0.3) is 5.91 Å². The summed E-state index contributed by atoms with van der Waals surface area (Å²) in [7, 11) is 0. The summed E-state index contributed by atoms with van der Waals surface area (Å²) >= 11 is 3.20. The average Bonchev–Trinajstić information content (AvgIpc) is 2.69. The Morgan fingerprint density at radius 3 is 2.84 bits per heavy atom. The third-order valence-electron chi connectivity index (χ3n) is 2.65. The van der Waals surface area contributed by atoms with Crippen molar-refractivity contribution in [3.63, 3.8) is 0 Å². The lowest BCUT2D eigenvalue weighted by Gasteiger charge is -2.04. The number of aromatic nitrogens is 1. The maximum absolute atomic E-state index is 13.5. The second kappa shape index (κ2) is 5.52. The third kappa shape index (κ3) is 3.20. The normalized spacial score (nSPS) is 10.5. The largest absolute Gasteiger partial charge is 0.444 e. The van der Waals surface area contributed by atoms with Crippen LogP contribution in [0, 0.1) is 19.7 Å². The molecule has 2 rings (SSSR count). The molecule has 0 bridgehead atoms. The van der Waals surface area contributed by atoms with Crippen molar-refractivity contribution in [1.29, 1.82) is 0 Å². The van der Waals surface area contributed by atoms with Crippen molar-refractivity contribution < 1.29 is 13.6 Å². The zero-order valence-electron chi connectivity index (χ0n) is 10.5. The van der Waals surface area contributed by atoms with Crippen LogP contribution >= 0.6 is 15.9 Å². The summed E-state index contributed by atoms with van der Waals surface area (Å²) < 4.78 is 19.5. The van der Waals surface area contributed by atoms with E-state index in [9.17, 15) is 9.18 Å². The smallest absolute Gasteiger partial charge is 0.254 e. The number of nitrogens with one attached hydrogen (secondary N) is 1. The van der Waals surface area contributed by atoms with Crippen LogP contribution in [-0.2, 0) is 6.54 Å². The topological polar surface area (TPSA) is 55.1 Å². The molecule has 0 radical (unpaired) electrons. The van der Waals surface area contributed by atoms with Gasteiger partial charge in [-0.3, -0.25) is 4.79 Å². The van der Waals surface area contributed by atoms with Crippen LogP contribution in [-0.4, -0.2) is 10.9 Å². The second-order valence-corrected chi connectivity index (χ2v) is 4.97. The molecule has 2 aromatic rings. The van der Waals surface area contributed by atoms with Crippen molar-refractivity contribution in [3.8, 4) is 0 Å². The van der Waals surface area contributed by atoms with Crippen LogP contribution in [0.5, 0.6) is 0 Å². The molecule has 0 spiro atoms. The van der Waals surface area contributed by atoms with Crippen molar-refractivity contribution >= 4 is 21.8 Å². The van der Waals surface area contributed by atoms with Crippen LogP contribution in [0.4, 0.5) is 4.39 Å². The zero-order chi connectivity index (χ0) is 14.0. The third-order valence-corrected chi connectivity index (χ3v) is 3.14. The number of benzene rings is 1. The molecule has 19 heavy (non-hydrogen) atoms. The quantitative estimate of drug-likeness (QED) is 0.942. The molecule has 6 heteroatoms. The Morgan fingerprint density at radius 2 is 2.21 bits per heavy atom. The Bertz CT molecular complexity index is 606. The van der Waals surface area contributed by atoms with Crippen molar-refractivity contribution in [2.45, 2.75) is 20.4 Å². The molecule has 0 saturated heterocycles. The Labute approximate surface area is 118 Å². The lowest BCUT2D eigenvalue weighted by Crippen LogP contribution is -2.24. The summed E-state index contributed by atoms with van der Waals surface area (Å²) in [6, 6.07) is 4.20. The molecule has 1 heterocycles. The van der Waals surface area contributed by atoms with Crippen LogP contribution in [0.3, 0.4) is 0 Å². The fourth-order valence-corrected chi connectivity index (χ4v) is 1.90. The van der Waals surface area contributed by atoms with Crippen molar-refractivity contribution in [2.24, 2.45) is 0 Å². The number of carbonyl (C=O) groups excluding carboxylic acids is 1. The number of hydrogen-bond donors (Lipinski definition) is 1. The van der Waals surface area contributed by atoms with Gasteiger partial charge >= 0.3 is 0 Å². The second-order valence-electron chi connectivity index (χ2n) is 4.06. The summed E-state index contributed by atoms with van der Waals surface area (Å²) in [6.07, 6.45) is 0. The van der Waals surface area contributed by atoms with E-state index in [0.717, 1.165) is 5.69 Å². The highest BCUT2D eigenvalue weighted by molar-refractivity contribution is 9.10. The molecule has 0 aliphatic heterocycles. The summed E-state index contributed by atoms with van der Waals surface area (Å²) in [6.45, 7) is 3.74. The number of amides is 1. The zero-order valence-corrected chi connectivity index (χ0v) is 12.0. The van der Waals surface area contributed by atoms with Gasteiger partial charge in [0.15, 0.2) is 0 Å². The van der Waals surface area contributed by atoms with Gasteiger partial charge in [-0.1, -0.05) is 15.9 Å². The van der Waals surface area contributed by atoms with E-state index in [1.54, 1.807) is 6.92 Å². The van der Waals surface area contributed by atoms with Gasteiger partial charge in [-0.25, -0.2) is 9.37 Å². The van der Waals surface area contributed by atoms with Gasteiger partial charge in [0.05, 0.1) is 17.8 Å². The molecule has 1 aromatic heterocycles. The van der Waals surface area contributed by atoms with E-state index in [0.29, 0.717) is 16.1 Å². The summed E-state index contributed by atoms with van der Waals surface area (Å²) in [5.41, 5.74) is 0.757. The Morgan fingerprint density at radius 1 is 1.47 bits per heavy atom. The molecule has 0 aliphatic carbocycles. The molecule has 1 N–H and O–H groups in total. The van der Waals surface area contributed by atoms with Gasteiger partial charge < -0.3 is 9.73 Å². The molecule has 0 aliphatic rings. The number of carbonyl (C=O) groups is 1. The highest BCUT2D eigenvalue weighted by Crippen LogP contribution is 2.15. The average molecular weight is 327 g/mol. The summed E-state index contributed by atoms with van der Waals surface area (Å²) in [4.78, 5) is 16.0. The van der Waals surface area contributed by atoms with E-state index in [-0.39, 0.29) is 12.1 Å². The molecule has 0 saturated carbocycles. The summed E-state index contributed by atoms with van der Waals surface area (Å²) in [5.74, 6) is 0.0319. The standard InChI is InChI=1S/C13H12BrFN2O2/c1-7-8(2)19-12(17-7)6-16-13(18)10-5-9(14)3-4-11(10)15/h3-5H,6H2,1-2H3,(H,16,18). The Hall–Kier alpha value is -1.69. The fourth-order valence-electron chi connectivity index (χ4n) is 1.54. The Balaban J connectivity index is 2.07. The van der Waals surface area contributed by atoms with Crippen LogP contribution in [0.1, 0.15) is 27.7 Å². The SMILES string of the molecule is Cc1nc(CNC(=O)c2cc(Br)ccc2F)oc1C. The monoisotopic (exact) mass is 326 g/mol. The number of hydrogen-bond acceptors (Lipinski definition) is 3. The minimum Gasteiger partial charge on any atom is -0.444 e. The van der Waals surface area contributed by atoms with Crippen LogP contribution in [0.25, 0.3) is 0 Å². The van der Waals surface area contributed by atoms with E-state index in [1.165, 1.54) is 18.2 Å². The molecule has 1 amide bonds. The predicted octanol–water partition coefficient (Wildman–Crippen LogP) is 3.12. The first-order chi connectivity index (χ1) is 8.97. The maximum Gasteiger partial charge on any atom is 0.254 e. The van der Waals surface area contributed by atoms with E-state index in [4.69, 9.17) is 4.42 Å². The molecule has 0 unspecified atom stereocenters. The van der Waals surface area contributed by atoms with E-state index in [2.05, 4.69) is 26.2 Å². The molecule has 1 aromatic carbocycles. The minimum absolute atomic E-state index is 0.0191. The van der Waals surface area contributed by atoms with Crippen molar-refractivity contribution in [3.05, 3.63) is 51.4 Å². The molecular formula is C13H12BrFN2O2. The number of oxazole rings is 1.